The van der Waals surface area contributed by atoms with Gasteiger partial charge in [-0.2, -0.15) is 8.75 Å². The highest BCUT2D eigenvalue weighted by molar-refractivity contribution is 7.80. The van der Waals surface area contributed by atoms with Gasteiger partial charge >= 0.3 is 0 Å². The molecule has 0 fully saturated rings. The van der Waals surface area contributed by atoms with Crippen LogP contribution in [-0.2, 0) is 5.41 Å². The molecule has 26 heavy (non-hydrogen) atoms. The zero-order chi connectivity index (χ0) is 18.9. The van der Waals surface area contributed by atoms with Crippen molar-refractivity contribution < 1.29 is 4.79 Å². The van der Waals surface area contributed by atoms with Crippen molar-refractivity contribution in [1.29, 1.82) is 0 Å². The van der Waals surface area contributed by atoms with Crippen molar-refractivity contribution in [1.82, 2.24) is 14.1 Å². The van der Waals surface area contributed by atoms with Crippen molar-refractivity contribution in [2.75, 3.05) is 5.32 Å². The lowest BCUT2D eigenvalue weighted by atomic mass is 9.87. The molecular weight excluding hydrogens is 364 g/mol. The molecule has 0 unspecified atom stereocenters. The number of carbonyl (C=O) groups excluding carboxylic acids is 1. The van der Waals surface area contributed by atoms with Gasteiger partial charge in [0.25, 0.3) is 5.91 Å². The minimum atomic E-state index is -0.246. The Hall–Kier alpha value is -2.38. The summed E-state index contributed by atoms with van der Waals surface area (Å²) in [7, 11) is 0. The third-order valence-corrected chi connectivity index (χ3v) is 4.86. The normalized spacial score (nSPS) is 11.4. The number of hydrogen-bond donors (Lipinski definition) is 2. The summed E-state index contributed by atoms with van der Waals surface area (Å²) in [4.78, 5) is 12.4. The molecule has 0 atom stereocenters. The van der Waals surface area contributed by atoms with Crippen LogP contribution in [0.2, 0.25) is 0 Å². The molecule has 2 N–H and O–H groups in total. The van der Waals surface area contributed by atoms with Crippen LogP contribution in [-0.4, -0.2) is 19.8 Å². The first-order valence-electron chi connectivity index (χ1n) is 8.20. The molecule has 134 valence electrons. The maximum atomic E-state index is 12.4. The summed E-state index contributed by atoms with van der Waals surface area (Å²) in [5.41, 5.74) is 5.08. The van der Waals surface area contributed by atoms with Gasteiger partial charge in [-0.05, 0) is 53.9 Å². The molecule has 3 rings (SSSR count). The molecule has 1 aromatic heterocycles. The average Bonchev–Trinajstić information content (AvgIpc) is 3.05. The second-order valence-electron chi connectivity index (χ2n) is 7.13. The number of nitrogens with one attached hydrogen (secondary N) is 2. The summed E-state index contributed by atoms with van der Waals surface area (Å²) in [6.07, 6.45) is 0. The number of aromatic nitrogens is 2. The molecule has 2 aromatic carbocycles. The zero-order valence-corrected chi connectivity index (χ0v) is 16.7. The van der Waals surface area contributed by atoms with E-state index in [9.17, 15) is 4.79 Å². The van der Waals surface area contributed by atoms with Crippen LogP contribution in [0.4, 0.5) is 5.69 Å². The largest absolute Gasteiger partial charge is 0.330 e. The second kappa shape index (κ2) is 7.09. The van der Waals surface area contributed by atoms with Gasteiger partial charge in [0, 0.05) is 5.56 Å². The fourth-order valence-electron chi connectivity index (χ4n) is 2.55. The second-order valence-corrected chi connectivity index (χ2v) is 8.06. The van der Waals surface area contributed by atoms with Gasteiger partial charge in [-0.1, -0.05) is 39.0 Å². The number of benzene rings is 2. The third-order valence-electron chi connectivity index (χ3n) is 4.11. The van der Waals surface area contributed by atoms with Crippen LogP contribution in [0.3, 0.4) is 0 Å². The molecule has 3 aromatic rings. The van der Waals surface area contributed by atoms with E-state index in [1.807, 2.05) is 43.3 Å². The van der Waals surface area contributed by atoms with Crippen LogP contribution in [0.25, 0.3) is 11.0 Å². The molecule has 5 nitrogen and oxygen atoms in total. The van der Waals surface area contributed by atoms with Gasteiger partial charge in [-0.3, -0.25) is 10.1 Å². The molecule has 0 spiro atoms. The Morgan fingerprint density at radius 3 is 2.42 bits per heavy atom. The number of hydrogen-bond acceptors (Lipinski definition) is 5. The quantitative estimate of drug-likeness (QED) is 0.640. The van der Waals surface area contributed by atoms with Crippen LogP contribution in [0.5, 0.6) is 0 Å². The van der Waals surface area contributed by atoms with Gasteiger partial charge in [0.15, 0.2) is 5.11 Å². The molecule has 7 heteroatoms. The predicted molar refractivity (Wildman–Crippen MR) is 111 cm³/mol. The first kappa shape index (κ1) is 18.4. The van der Waals surface area contributed by atoms with Crippen molar-refractivity contribution in [3.8, 4) is 0 Å². The highest BCUT2D eigenvalue weighted by Crippen LogP contribution is 2.25. The van der Waals surface area contributed by atoms with Gasteiger partial charge in [-0.25, -0.2) is 0 Å². The summed E-state index contributed by atoms with van der Waals surface area (Å²) in [6.45, 7) is 8.36. The highest BCUT2D eigenvalue weighted by atomic mass is 32.1. The molecular formula is C19H20N4OS2. The van der Waals surface area contributed by atoms with Crippen molar-refractivity contribution in [3.63, 3.8) is 0 Å². The van der Waals surface area contributed by atoms with E-state index in [1.165, 1.54) is 5.56 Å². The standard InChI is InChI=1S/C19H20N4OS2/c1-11-5-10-14-16(23-26-22-14)15(11)20-18(25)21-17(24)12-6-8-13(9-7-12)19(2,3)4/h5-10H,1-4H3,(H2,20,21,24,25). The van der Waals surface area contributed by atoms with E-state index < -0.39 is 0 Å². The molecule has 0 aliphatic heterocycles. The van der Waals surface area contributed by atoms with Crippen LogP contribution in [0, 0.1) is 6.92 Å². The number of rotatable bonds is 2. The monoisotopic (exact) mass is 384 g/mol. The first-order chi connectivity index (χ1) is 12.3. The Balaban J connectivity index is 1.72. The lowest BCUT2D eigenvalue weighted by molar-refractivity contribution is 0.0977. The van der Waals surface area contributed by atoms with Crippen LogP contribution >= 0.6 is 23.9 Å². The molecule has 0 aliphatic rings. The number of anilines is 1. The Bertz CT molecular complexity index is 971. The minimum Gasteiger partial charge on any atom is -0.330 e. The van der Waals surface area contributed by atoms with E-state index in [4.69, 9.17) is 12.2 Å². The summed E-state index contributed by atoms with van der Waals surface area (Å²) in [5, 5.41) is 6.04. The predicted octanol–water partition coefficient (Wildman–Crippen LogP) is 4.42. The van der Waals surface area contributed by atoms with E-state index in [0.717, 1.165) is 34.0 Å². The number of aryl methyl sites for hydroxylation is 1. The van der Waals surface area contributed by atoms with Crippen LogP contribution in [0.15, 0.2) is 36.4 Å². The van der Waals surface area contributed by atoms with Gasteiger partial charge in [0.2, 0.25) is 0 Å². The SMILES string of the molecule is Cc1ccc2nsnc2c1NC(=S)NC(=O)c1ccc(C(C)(C)C)cc1. The van der Waals surface area contributed by atoms with Gasteiger partial charge in [0.05, 0.1) is 17.4 Å². The Labute approximate surface area is 162 Å². The van der Waals surface area contributed by atoms with E-state index >= 15 is 0 Å². The third kappa shape index (κ3) is 3.89. The number of nitrogens with zero attached hydrogens (tertiary/aromatic N) is 2. The van der Waals surface area contributed by atoms with Crippen molar-refractivity contribution >= 4 is 51.7 Å². The smallest absolute Gasteiger partial charge is 0.257 e. The Morgan fingerprint density at radius 1 is 1.08 bits per heavy atom. The van der Waals surface area contributed by atoms with Crippen molar-refractivity contribution in [2.45, 2.75) is 33.1 Å². The summed E-state index contributed by atoms with van der Waals surface area (Å²) in [5.74, 6) is -0.246. The van der Waals surface area contributed by atoms with Crippen molar-refractivity contribution in [2.24, 2.45) is 0 Å². The van der Waals surface area contributed by atoms with E-state index in [0.29, 0.717) is 5.56 Å². The lowest BCUT2D eigenvalue weighted by Crippen LogP contribution is -2.34. The van der Waals surface area contributed by atoms with Crippen molar-refractivity contribution in [3.05, 3.63) is 53.1 Å². The minimum absolute atomic E-state index is 0.0453. The molecule has 1 heterocycles. The lowest BCUT2D eigenvalue weighted by Gasteiger charge is -2.19. The number of fused-ring (bicyclic) bond motifs is 1. The maximum absolute atomic E-state index is 12.4. The van der Waals surface area contributed by atoms with Gasteiger partial charge in [-0.15, -0.1) is 0 Å². The number of amides is 1. The molecule has 0 aliphatic carbocycles. The van der Waals surface area contributed by atoms with E-state index in [1.54, 1.807) is 0 Å². The van der Waals surface area contributed by atoms with Crippen LogP contribution in [0.1, 0.15) is 42.3 Å². The Kier molecular flexibility index (Phi) is 5.02. The fraction of sp³-hybridized carbons (Fsp3) is 0.263. The molecule has 0 radical (unpaired) electrons. The topological polar surface area (TPSA) is 66.9 Å². The van der Waals surface area contributed by atoms with E-state index in [-0.39, 0.29) is 16.4 Å². The number of carbonyl (C=O) groups is 1. The van der Waals surface area contributed by atoms with Crippen LogP contribution < -0.4 is 10.6 Å². The van der Waals surface area contributed by atoms with E-state index in [2.05, 4.69) is 40.2 Å². The first-order valence-corrected chi connectivity index (χ1v) is 9.34. The van der Waals surface area contributed by atoms with Gasteiger partial charge < -0.3 is 5.32 Å². The molecule has 0 saturated heterocycles. The number of thiocarbonyl (C=S) groups is 1. The summed E-state index contributed by atoms with van der Waals surface area (Å²) < 4.78 is 8.52. The average molecular weight is 385 g/mol. The molecule has 0 bridgehead atoms. The molecule has 1 amide bonds. The summed E-state index contributed by atoms with van der Waals surface area (Å²) in [6, 6.07) is 11.4. The van der Waals surface area contributed by atoms with Gasteiger partial charge in [0.1, 0.15) is 11.0 Å². The zero-order valence-electron chi connectivity index (χ0n) is 15.1. The Morgan fingerprint density at radius 2 is 1.77 bits per heavy atom. The maximum Gasteiger partial charge on any atom is 0.257 e. The highest BCUT2D eigenvalue weighted by Gasteiger charge is 2.15. The fourth-order valence-corrected chi connectivity index (χ4v) is 3.29. The molecule has 0 saturated carbocycles. The summed E-state index contributed by atoms with van der Waals surface area (Å²) >= 11 is 6.45.